The number of benzene rings is 2. The number of hydrogen-bond donors (Lipinski definition) is 1. The Morgan fingerprint density at radius 1 is 1.00 bits per heavy atom. The largest absolute Gasteiger partial charge is 0.368 e. The summed E-state index contributed by atoms with van der Waals surface area (Å²) in [6, 6.07) is 13.6. The molecule has 0 radical (unpaired) electrons. The first-order chi connectivity index (χ1) is 16.7. The summed E-state index contributed by atoms with van der Waals surface area (Å²) in [5, 5.41) is 0.668. The monoisotopic (exact) mass is 496 g/mol. The van der Waals surface area contributed by atoms with Gasteiger partial charge in [0.05, 0.1) is 0 Å². The van der Waals surface area contributed by atoms with Crippen LogP contribution in [0.25, 0.3) is 0 Å². The van der Waals surface area contributed by atoms with Crippen molar-refractivity contribution in [3.05, 3.63) is 64.2 Å². The van der Waals surface area contributed by atoms with E-state index >= 15 is 0 Å². The molecule has 0 saturated carbocycles. The van der Waals surface area contributed by atoms with E-state index in [0.717, 1.165) is 30.8 Å². The molecule has 0 unspecified atom stereocenters. The number of halogens is 1. The molecule has 6 nitrogen and oxygen atoms in total. The average Bonchev–Trinajstić information content (AvgIpc) is 3.29. The van der Waals surface area contributed by atoms with Gasteiger partial charge in [0.1, 0.15) is 6.04 Å². The highest BCUT2D eigenvalue weighted by molar-refractivity contribution is 6.30. The molecule has 2 aliphatic rings. The lowest BCUT2D eigenvalue weighted by molar-refractivity contribution is -0.143. The second-order valence-electron chi connectivity index (χ2n) is 10.2. The standard InChI is InChI=1S/C28H37ClN4O2/c1-18(2)26(30)24-17-19(3)5-10-25(24)31-13-15-32(16-14-31)28(35)27-23(11-12-33(27)20(4)34)21-6-8-22(29)9-7-21/h5-10,17-18,23,26-27H,11-16,30H2,1-4H3/t23-,26+,27-/m1/s1. The van der Waals surface area contributed by atoms with Gasteiger partial charge in [-0.15, -0.1) is 0 Å². The van der Waals surface area contributed by atoms with Gasteiger partial charge in [0.25, 0.3) is 0 Å². The van der Waals surface area contributed by atoms with Crippen molar-refractivity contribution in [1.29, 1.82) is 0 Å². The molecule has 2 heterocycles. The predicted molar refractivity (Wildman–Crippen MR) is 142 cm³/mol. The molecule has 2 fully saturated rings. The molecular formula is C28H37ClN4O2. The van der Waals surface area contributed by atoms with Crippen LogP contribution in [0.5, 0.6) is 0 Å². The van der Waals surface area contributed by atoms with Crippen molar-refractivity contribution in [2.75, 3.05) is 37.6 Å². The molecular weight excluding hydrogens is 460 g/mol. The van der Waals surface area contributed by atoms with Gasteiger partial charge in [-0.1, -0.05) is 55.3 Å². The fraction of sp³-hybridized carbons (Fsp3) is 0.500. The van der Waals surface area contributed by atoms with Crippen LogP contribution in [-0.4, -0.2) is 60.4 Å². The van der Waals surface area contributed by atoms with Crippen LogP contribution >= 0.6 is 11.6 Å². The van der Waals surface area contributed by atoms with Gasteiger partial charge >= 0.3 is 0 Å². The lowest BCUT2D eigenvalue weighted by Gasteiger charge is -2.40. The van der Waals surface area contributed by atoms with E-state index in [1.165, 1.54) is 11.1 Å². The molecule has 0 spiro atoms. The van der Waals surface area contributed by atoms with E-state index < -0.39 is 6.04 Å². The first kappa shape index (κ1) is 25.5. The number of piperazine rings is 1. The van der Waals surface area contributed by atoms with Gasteiger partial charge < -0.3 is 20.4 Å². The molecule has 3 atom stereocenters. The molecule has 0 aliphatic carbocycles. The van der Waals surface area contributed by atoms with E-state index in [9.17, 15) is 9.59 Å². The molecule has 2 aromatic rings. The van der Waals surface area contributed by atoms with Crippen LogP contribution in [-0.2, 0) is 9.59 Å². The second-order valence-corrected chi connectivity index (χ2v) is 10.7. The number of hydrogen-bond acceptors (Lipinski definition) is 4. The third-order valence-corrected chi connectivity index (χ3v) is 7.80. The smallest absolute Gasteiger partial charge is 0.246 e. The van der Waals surface area contributed by atoms with Gasteiger partial charge in [0.15, 0.2) is 0 Å². The summed E-state index contributed by atoms with van der Waals surface area (Å²) in [7, 11) is 0. The van der Waals surface area contributed by atoms with Crippen LogP contribution in [0, 0.1) is 12.8 Å². The number of likely N-dealkylation sites (tertiary alicyclic amines) is 1. The van der Waals surface area contributed by atoms with Crippen molar-refractivity contribution in [1.82, 2.24) is 9.80 Å². The molecule has 0 aromatic heterocycles. The highest BCUT2D eigenvalue weighted by atomic mass is 35.5. The maximum Gasteiger partial charge on any atom is 0.246 e. The number of rotatable bonds is 5. The third-order valence-electron chi connectivity index (χ3n) is 7.55. The zero-order chi connectivity index (χ0) is 25.3. The van der Waals surface area contributed by atoms with Crippen LogP contribution in [0.2, 0.25) is 5.02 Å². The Balaban J connectivity index is 1.51. The molecule has 4 rings (SSSR count). The van der Waals surface area contributed by atoms with Crippen molar-refractivity contribution in [3.63, 3.8) is 0 Å². The molecule has 7 heteroatoms. The number of nitrogens with two attached hydrogens (primary N) is 1. The van der Waals surface area contributed by atoms with E-state index in [4.69, 9.17) is 17.3 Å². The first-order valence-electron chi connectivity index (χ1n) is 12.6. The normalized spacial score (nSPS) is 21.5. The van der Waals surface area contributed by atoms with E-state index in [1.54, 1.807) is 11.8 Å². The van der Waals surface area contributed by atoms with Crippen LogP contribution in [0.3, 0.4) is 0 Å². The van der Waals surface area contributed by atoms with E-state index in [-0.39, 0.29) is 23.8 Å². The van der Waals surface area contributed by atoms with Gasteiger partial charge in [0, 0.05) is 62.3 Å². The van der Waals surface area contributed by atoms with Crippen molar-refractivity contribution in [2.24, 2.45) is 11.7 Å². The Morgan fingerprint density at radius 2 is 1.66 bits per heavy atom. The number of carbonyl (C=O) groups excluding carboxylic acids is 2. The Bertz CT molecular complexity index is 1060. The molecule has 0 bridgehead atoms. The SMILES string of the molecule is CC(=O)N1CC[C@H](c2ccc(Cl)cc2)[C@@H]1C(=O)N1CCN(c2ccc(C)cc2[C@@H](N)C(C)C)CC1. The Morgan fingerprint density at radius 3 is 2.26 bits per heavy atom. The van der Waals surface area contributed by atoms with E-state index in [2.05, 4.69) is 43.9 Å². The maximum absolute atomic E-state index is 13.8. The molecule has 2 saturated heterocycles. The maximum atomic E-state index is 13.8. The molecule has 2 aliphatic heterocycles. The summed E-state index contributed by atoms with van der Waals surface area (Å²) >= 11 is 6.09. The van der Waals surface area contributed by atoms with Crippen LogP contribution in [0.15, 0.2) is 42.5 Å². The molecule has 2 aromatic carbocycles. The zero-order valence-electron chi connectivity index (χ0n) is 21.2. The summed E-state index contributed by atoms with van der Waals surface area (Å²) in [5.41, 5.74) is 11.1. The minimum absolute atomic E-state index is 0.0190. The van der Waals surface area contributed by atoms with Crippen molar-refractivity contribution >= 4 is 29.1 Å². The Hall–Kier alpha value is -2.57. The second kappa shape index (κ2) is 10.6. The highest BCUT2D eigenvalue weighted by Gasteiger charge is 2.43. The first-order valence-corrected chi connectivity index (χ1v) is 13.0. The third kappa shape index (κ3) is 5.34. The number of nitrogens with zero attached hydrogens (tertiary/aromatic N) is 3. The van der Waals surface area contributed by atoms with Gasteiger partial charge in [-0.25, -0.2) is 0 Å². The number of carbonyl (C=O) groups is 2. The van der Waals surface area contributed by atoms with E-state index in [1.807, 2.05) is 29.2 Å². The van der Waals surface area contributed by atoms with Gasteiger partial charge in [0.2, 0.25) is 11.8 Å². The van der Waals surface area contributed by atoms with Crippen LogP contribution in [0.1, 0.15) is 55.8 Å². The topological polar surface area (TPSA) is 69.9 Å². The molecule has 2 N–H and O–H groups in total. The zero-order valence-corrected chi connectivity index (χ0v) is 22.0. The molecule has 35 heavy (non-hydrogen) atoms. The lowest BCUT2D eigenvalue weighted by atomic mass is 9.90. The minimum Gasteiger partial charge on any atom is -0.368 e. The Kier molecular flexibility index (Phi) is 7.72. The van der Waals surface area contributed by atoms with Crippen molar-refractivity contribution in [3.8, 4) is 0 Å². The lowest BCUT2D eigenvalue weighted by Crippen LogP contribution is -2.55. The van der Waals surface area contributed by atoms with Gasteiger partial charge in [-0.3, -0.25) is 9.59 Å². The molecule has 188 valence electrons. The highest BCUT2D eigenvalue weighted by Crippen LogP contribution is 2.36. The number of aryl methyl sites for hydroxylation is 1. The average molecular weight is 497 g/mol. The number of anilines is 1. The van der Waals surface area contributed by atoms with Gasteiger partial charge in [-0.2, -0.15) is 0 Å². The minimum atomic E-state index is -0.468. The van der Waals surface area contributed by atoms with Crippen molar-refractivity contribution in [2.45, 2.75) is 52.1 Å². The van der Waals surface area contributed by atoms with Crippen LogP contribution in [0.4, 0.5) is 5.69 Å². The summed E-state index contributed by atoms with van der Waals surface area (Å²) in [4.78, 5) is 32.2. The van der Waals surface area contributed by atoms with E-state index in [0.29, 0.717) is 30.6 Å². The summed E-state index contributed by atoms with van der Waals surface area (Å²) in [6.07, 6.45) is 0.775. The quantitative estimate of drug-likeness (QED) is 0.667. The summed E-state index contributed by atoms with van der Waals surface area (Å²) in [5.74, 6) is 0.309. The fourth-order valence-electron chi connectivity index (χ4n) is 5.45. The van der Waals surface area contributed by atoms with Crippen LogP contribution < -0.4 is 10.6 Å². The Labute approximate surface area is 214 Å². The molecule has 2 amide bonds. The van der Waals surface area contributed by atoms with Gasteiger partial charge in [-0.05, 0) is 48.6 Å². The number of amides is 2. The summed E-state index contributed by atoms with van der Waals surface area (Å²) in [6.45, 7) is 11.3. The van der Waals surface area contributed by atoms with Crippen molar-refractivity contribution < 1.29 is 9.59 Å². The predicted octanol–water partition coefficient (Wildman–Crippen LogP) is 4.36. The summed E-state index contributed by atoms with van der Waals surface area (Å²) < 4.78 is 0. The fourth-order valence-corrected chi connectivity index (χ4v) is 5.58.